The molecule has 0 amide bonds. The van der Waals surface area contributed by atoms with Gasteiger partial charge >= 0.3 is 6.18 Å². The molecule has 2 rings (SSSR count). The van der Waals surface area contributed by atoms with Crippen molar-refractivity contribution in [3.05, 3.63) is 46.7 Å². The van der Waals surface area contributed by atoms with Gasteiger partial charge in [0, 0.05) is 16.9 Å². The summed E-state index contributed by atoms with van der Waals surface area (Å²) in [5.74, 6) is 0. The van der Waals surface area contributed by atoms with Crippen LogP contribution in [0.4, 0.5) is 18.9 Å². The Kier molecular flexibility index (Phi) is 3.71. The molecular weight excluding hydrogens is 279 g/mol. The molecule has 1 heterocycles. The summed E-state index contributed by atoms with van der Waals surface area (Å²) in [5, 5.41) is 9.52. The molecule has 1 aromatic heterocycles. The van der Waals surface area contributed by atoms with E-state index in [-0.39, 0.29) is 11.1 Å². The van der Waals surface area contributed by atoms with Crippen LogP contribution < -0.4 is 5.32 Å². The molecule has 102 valence electrons. The summed E-state index contributed by atoms with van der Waals surface area (Å²) >= 11 is 5.70. The van der Waals surface area contributed by atoms with Crippen LogP contribution in [0.5, 0.6) is 0 Å². The molecule has 19 heavy (non-hydrogen) atoms. The van der Waals surface area contributed by atoms with Crippen molar-refractivity contribution in [3.63, 3.8) is 0 Å². The minimum Gasteiger partial charge on any atom is -0.377 e. The van der Waals surface area contributed by atoms with Crippen LogP contribution in [-0.2, 0) is 6.18 Å². The van der Waals surface area contributed by atoms with Crippen molar-refractivity contribution in [3.8, 4) is 0 Å². The van der Waals surface area contributed by atoms with Gasteiger partial charge in [0.2, 0.25) is 0 Å². The van der Waals surface area contributed by atoms with E-state index in [1.165, 1.54) is 6.07 Å². The third kappa shape index (κ3) is 3.41. The fourth-order valence-corrected chi connectivity index (χ4v) is 1.91. The number of alkyl halides is 3. The van der Waals surface area contributed by atoms with Crippen LogP contribution in [0.15, 0.2) is 30.5 Å². The van der Waals surface area contributed by atoms with Gasteiger partial charge in [-0.05, 0) is 31.2 Å². The first kappa shape index (κ1) is 13.7. The number of aromatic nitrogens is 2. The van der Waals surface area contributed by atoms with Gasteiger partial charge in [-0.25, -0.2) is 0 Å². The minimum absolute atomic E-state index is 0.0362. The highest BCUT2D eigenvalue weighted by atomic mass is 35.5. The van der Waals surface area contributed by atoms with Crippen molar-refractivity contribution in [1.29, 1.82) is 0 Å². The lowest BCUT2D eigenvalue weighted by Gasteiger charge is -2.16. The highest BCUT2D eigenvalue weighted by Crippen LogP contribution is 2.34. The first-order valence-electron chi connectivity index (χ1n) is 5.50. The number of hydrogen-bond donors (Lipinski definition) is 2. The number of H-pyrrole nitrogens is 1. The first-order valence-corrected chi connectivity index (χ1v) is 5.87. The van der Waals surface area contributed by atoms with E-state index < -0.39 is 11.7 Å². The first-order chi connectivity index (χ1) is 8.86. The van der Waals surface area contributed by atoms with Crippen LogP contribution in [0.3, 0.4) is 0 Å². The average Bonchev–Trinajstić information content (AvgIpc) is 2.80. The number of nitrogens with zero attached hydrogens (tertiary/aromatic N) is 1. The van der Waals surface area contributed by atoms with Gasteiger partial charge in [-0.2, -0.15) is 18.3 Å². The van der Waals surface area contributed by atoms with Gasteiger partial charge in [0.25, 0.3) is 0 Å². The van der Waals surface area contributed by atoms with Crippen molar-refractivity contribution in [2.24, 2.45) is 0 Å². The number of hydrogen-bond acceptors (Lipinski definition) is 2. The third-order valence-corrected chi connectivity index (χ3v) is 2.82. The van der Waals surface area contributed by atoms with Gasteiger partial charge in [0.1, 0.15) is 0 Å². The third-order valence-electron chi connectivity index (χ3n) is 2.60. The summed E-state index contributed by atoms with van der Waals surface area (Å²) in [7, 11) is 0. The largest absolute Gasteiger partial charge is 0.416 e. The Hall–Kier alpha value is -1.69. The van der Waals surface area contributed by atoms with Crippen LogP contribution in [0.1, 0.15) is 24.2 Å². The van der Waals surface area contributed by atoms with E-state index >= 15 is 0 Å². The SMILES string of the molecule is CC(Nc1cc(Cl)cc(C(F)(F)F)c1)c1ccn[nH]1. The maximum Gasteiger partial charge on any atom is 0.416 e. The molecule has 2 aromatic rings. The fraction of sp³-hybridized carbons (Fsp3) is 0.250. The van der Waals surface area contributed by atoms with E-state index in [1.807, 2.05) is 6.92 Å². The summed E-state index contributed by atoms with van der Waals surface area (Å²) in [6, 6.07) is 4.91. The summed E-state index contributed by atoms with van der Waals surface area (Å²) in [6.07, 6.45) is -2.84. The standard InChI is InChI=1S/C12H11ClF3N3/c1-7(11-2-3-17-19-11)18-10-5-8(12(14,15)16)4-9(13)6-10/h2-7,18H,1H3,(H,17,19). The Bertz CT molecular complexity index is 552. The highest BCUT2D eigenvalue weighted by molar-refractivity contribution is 6.30. The number of anilines is 1. The van der Waals surface area contributed by atoms with Gasteiger partial charge in [0.05, 0.1) is 17.3 Å². The molecule has 1 unspecified atom stereocenters. The van der Waals surface area contributed by atoms with Crippen molar-refractivity contribution in [1.82, 2.24) is 10.2 Å². The predicted molar refractivity (Wildman–Crippen MR) is 67.1 cm³/mol. The van der Waals surface area contributed by atoms with E-state index in [9.17, 15) is 13.2 Å². The Morgan fingerprint density at radius 3 is 2.63 bits per heavy atom. The zero-order chi connectivity index (χ0) is 14.0. The minimum atomic E-state index is -4.42. The number of halogens is 4. The van der Waals surface area contributed by atoms with Crippen molar-refractivity contribution in [2.45, 2.75) is 19.1 Å². The average molecular weight is 290 g/mol. The van der Waals surface area contributed by atoms with Gasteiger partial charge < -0.3 is 5.32 Å². The lowest BCUT2D eigenvalue weighted by Crippen LogP contribution is -2.10. The molecular formula is C12H11ClF3N3. The highest BCUT2D eigenvalue weighted by Gasteiger charge is 2.31. The van der Waals surface area contributed by atoms with E-state index in [0.29, 0.717) is 5.69 Å². The van der Waals surface area contributed by atoms with Crippen molar-refractivity contribution >= 4 is 17.3 Å². The van der Waals surface area contributed by atoms with Crippen molar-refractivity contribution < 1.29 is 13.2 Å². The van der Waals surface area contributed by atoms with Gasteiger partial charge in [-0.15, -0.1) is 0 Å². The maximum absolute atomic E-state index is 12.7. The molecule has 0 spiro atoms. The monoisotopic (exact) mass is 289 g/mol. The van der Waals surface area contributed by atoms with Crippen LogP contribution in [0.25, 0.3) is 0 Å². The second-order valence-electron chi connectivity index (χ2n) is 4.10. The molecule has 7 heteroatoms. The number of aromatic amines is 1. The molecule has 0 aliphatic rings. The topological polar surface area (TPSA) is 40.7 Å². The zero-order valence-electron chi connectivity index (χ0n) is 9.92. The quantitative estimate of drug-likeness (QED) is 0.886. The summed E-state index contributed by atoms with van der Waals surface area (Å²) < 4.78 is 38.0. The maximum atomic E-state index is 12.7. The second kappa shape index (κ2) is 5.13. The van der Waals surface area contributed by atoms with E-state index in [1.54, 1.807) is 12.3 Å². The summed E-state index contributed by atoms with van der Waals surface area (Å²) in [4.78, 5) is 0. The summed E-state index contributed by atoms with van der Waals surface area (Å²) in [5.41, 5.74) is 0.301. The van der Waals surface area contributed by atoms with E-state index in [2.05, 4.69) is 15.5 Å². The normalized spacial score (nSPS) is 13.3. The Labute approximate surface area is 112 Å². The van der Waals surface area contributed by atoms with Gasteiger partial charge in [0.15, 0.2) is 0 Å². The fourth-order valence-electron chi connectivity index (χ4n) is 1.67. The van der Waals surface area contributed by atoms with Crippen LogP contribution in [0.2, 0.25) is 5.02 Å². The summed E-state index contributed by atoms with van der Waals surface area (Å²) in [6.45, 7) is 1.81. The van der Waals surface area contributed by atoms with Gasteiger partial charge in [-0.3, -0.25) is 5.10 Å². The zero-order valence-corrected chi connectivity index (χ0v) is 10.7. The molecule has 0 aliphatic heterocycles. The number of rotatable bonds is 3. The van der Waals surface area contributed by atoms with Crippen molar-refractivity contribution in [2.75, 3.05) is 5.32 Å². The molecule has 0 radical (unpaired) electrons. The molecule has 0 bridgehead atoms. The van der Waals surface area contributed by atoms with E-state index in [4.69, 9.17) is 11.6 Å². The number of nitrogens with one attached hydrogen (secondary N) is 2. The van der Waals surface area contributed by atoms with Gasteiger partial charge in [-0.1, -0.05) is 11.6 Å². The lowest BCUT2D eigenvalue weighted by atomic mass is 10.1. The number of benzene rings is 1. The van der Waals surface area contributed by atoms with Crippen LogP contribution >= 0.6 is 11.6 Å². The molecule has 0 fully saturated rings. The smallest absolute Gasteiger partial charge is 0.377 e. The van der Waals surface area contributed by atoms with E-state index in [0.717, 1.165) is 17.8 Å². The molecule has 0 saturated heterocycles. The molecule has 0 saturated carbocycles. The lowest BCUT2D eigenvalue weighted by molar-refractivity contribution is -0.137. The van der Waals surface area contributed by atoms with Crippen LogP contribution in [-0.4, -0.2) is 10.2 Å². The molecule has 2 N–H and O–H groups in total. The predicted octanol–water partition coefficient (Wildman–Crippen LogP) is 4.26. The molecule has 3 nitrogen and oxygen atoms in total. The second-order valence-corrected chi connectivity index (χ2v) is 4.54. The Morgan fingerprint density at radius 2 is 2.05 bits per heavy atom. The molecule has 1 aromatic carbocycles. The molecule has 0 aliphatic carbocycles. The Balaban J connectivity index is 2.23. The Morgan fingerprint density at radius 1 is 1.32 bits per heavy atom. The molecule has 1 atom stereocenters. The van der Waals surface area contributed by atoms with Crippen LogP contribution in [0, 0.1) is 0 Å².